The number of aryl methyl sites for hydroxylation is 2. The fourth-order valence-electron chi connectivity index (χ4n) is 1.97. The summed E-state index contributed by atoms with van der Waals surface area (Å²) in [6.07, 6.45) is 1.41. The molecule has 21 heavy (non-hydrogen) atoms. The van der Waals surface area contributed by atoms with Gasteiger partial charge in [-0.25, -0.2) is 4.98 Å². The average molecular weight is 299 g/mol. The fraction of sp³-hybridized carbons (Fsp3) is 0.133. The predicted octanol–water partition coefficient (Wildman–Crippen LogP) is 3.67. The first kappa shape index (κ1) is 13.5. The van der Waals surface area contributed by atoms with Crippen molar-refractivity contribution in [2.75, 3.05) is 5.32 Å². The van der Waals surface area contributed by atoms with Crippen LogP contribution in [0.3, 0.4) is 0 Å². The van der Waals surface area contributed by atoms with Crippen molar-refractivity contribution in [3.05, 3.63) is 52.2 Å². The first-order chi connectivity index (χ1) is 10.1. The fourth-order valence-corrected chi connectivity index (χ4v) is 2.59. The van der Waals surface area contributed by atoms with Crippen LogP contribution < -0.4 is 5.32 Å². The molecule has 3 rings (SSSR count). The van der Waals surface area contributed by atoms with Crippen LogP contribution in [-0.4, -0.2) is 16.0 Å². The molecule has 0 fully saturated rings. The van der Waals surface area contributed by atoms with Crippen molar-refractivity contribution < 1.29 is 9.32 Å². The van der Waals surface area contributed by atoms with Crippen molar-refractivity contribution in [3.63, 3.8) is 0 Å². The van der Waals surface area contributed by atoms with Gasteiger partial charge in [-0.15, -0.1) is 11.3 Å². The van der Waals surface area contributed by atoms with Crippen molar-refractivity contribution in [3.8, 4) is 11.3 Å². The minimum absolute atomic E-state index is 0.236. The van der Waals surface area contributed by atoms with Crippen LogP contribution in [0, 0.1) is 13.8 Å². The summed E-state index contributed by atoms with van der Waals surface area (Å²) < 4.78 is 4.90. The van der Waals surface area contributed by atoms with Gasteiger partial charge in [0.15, 0.2) is 0 Å². The molecule has 0 unspecified atom stereocenters. The lowest BCUT2D eigenvalue weighted by Gasteiger charge is -2.05. The SMILES string of the molecule is Cc1nc(-c2cccc(NC(=O)c3cnoc3C)c2)cs1. The van der Waals surface area contributed by atoms with Crippen LogP contribution in [0.15, 0.2) is 40.4 Å². The Morgan fingerprint density at radius 3 is 2.86 bits per heavy atom. The summed E-state index contributed by atoms with van der Waals surface area (Å²) in [5.41, 5.74) is 3.03. The van der Waals surface area contributed by atoms with Crippen LogP contribution in [0.1, 0.15) is 21.1 Å². The summed E-state index contributed by atoms with van der Waals surface area (Å²) in [7, 11) is 0. The standard InChI is InChI=1S/C15H13N3O2S/c1-9-13(7-16-20-9)15(19)18-12-5-3-4-11(6-12)14-8-21-10(2)17-14/h3-8H,1-2H3,(H,18,19). The van der Waals surface area contributed by atoms with Gasteiger partial charge in [-0.2, -0.15) is 0 Å². The number of nitrogens with one attached hydrogen (secondary N) is 1. The summed E-state index contributed by atoms with van der Waals surface area (Å²) in [6, 6.07) is 7.59. The Balaban J connectivity index is 1.84. The second-order valence-corrected chi connectivity index (χ2v) is 5.64. The van der Waals surface area contributed by atoms with Crippen LogP contribution in [0.4, 0.5) is 5.69 Å². The number of aromatic nitrogens is 2. The summed E-state index contributed by atoms with van der Waals surface area (Å²) in [4.78, 5) is 16.6. The van der Waals surface area contributed by atoms with E-state index in [-0.39, 0.29) is 5.91 Å². The van der Waals surface area contributed by atoms with Crippen LogP contribution in [0.5, 0.6) is 0 Å². The molecule has 1 aromatic carbocycles. The summed E-state index contributed by atoms with van der Waals surface area (Å²) in [5, 5.41) is 9.46. The van der Waals surface area contributed by atoms with E-state index in [0.717, 1.165) is 16.3 Å². The molecule has 0 saturated carbocycles. The molecule has 0 atom stereocenters. The highest BCUT2D eigenvalue weighted by molar-refractivity contribution is 7.09. The second-order valence-electron chi connectivity index (χ2n) is 4.58. The maximum absolute atomic E-state index is 12.1. The van der Waals surface area contributed by atoms with E-state index in [1.54, 1.807) is 18.3 Å². The number of rotatable bonds is 3. The minimum atomic E-state index is -0.236. The van der Waals surface area contributed by atoms with Crippen LogP contribution in [0.25, 0.3) is 11.3 Å². The zero-order chi connectivity index (χ0) is 14.8. The third-order valence-corrected chi connectivity index (χ3v) is 3.80. The summed E-state index contributed by atoms with van der Waals surface area (Å²) in [6.45, 7) is 3.67. The lowest BCUT2D eigenvalue weighted by molar-refractivity contribution is 0.102. The Kier molecular flexibility index (Phi) is 3.53. The highest BCUT2D eigenvalue weighted by Gasteiger charge is 2.13. The molecule has 5 nitrogen and oxygen atoms in total. The molecular weight excluding hydrogens is 286 g/mol. The molecule has 0 bridgehead atoms. The van der Waals surface area contributed by atoms with Crippen molar-refractivity contribution in [2.45, 2.75) is 13.8 Å². The third kappa shape index (κ3) is 2.85. The number of nitrogens with zero attached hydrogens (tertiary/aromatic N) is 2. The van der Waals surface area contributed by atoms with Gasteiger partial charge < -0.3 is 9.84 Å². The Morgan fingerprint density at radius 2 is 2.19 bits per heavy atom. The molecule has 0 aliphatic rings. The molecule has 0 radical (unpaired) electrons. The van der Waals surface area contributed by atoms with Gasteiger partial charge in [-0.05, 0) is 26.0 Å². The maximum atomic E-state index is 12.1. The molecule has 0 spiro atoms. The highest BCUT2D eigenvalue weighted by atomic mass is 32.1. The van der Waals surface area contributed by atoms with Crippen molar-refractivity contribution in [1.29, 1.82) is 0 Å². The summed E-state index contributed by atoms with van der Waals surface area (Å²) in [5.74, 6) is 0.263. The van der Waals surface area contributed by atoms with Crippen molar-refractivity contribution >= 4 is 22.9 Å². The van der Waals surface area contributed by atoms with E-state index in [1.165, 1.54) is 6.20 Å². The average Bonchev–Trinajstić information content (AvgIpc) is 3.08. The van der Waals surface area contributed by atoms with Crippen LogP contribution >= 0.6 is 11.3 Å². The van der Waals surface area contributed by atoms with Gasteiger partial charge in [-0.3, -0.25) is 4.79 Å². The van der Waals surface area contributed by atoms with E-state index >= 15 is 0 Å². The smallest absolute Gasteiger partial charge is 0.260 e. The lowest BCUT2D eigenvalue weighted by atomic mass is 10.1. The Morgan fingerprint density at radius 1 is 1.33 bits per heavy atom. The molecule has 1 amide bonds. The number of hydrogen-bond acceptors (Lipinski definition) is 5. The maximum Gasteiger partial charge on any atom is 0.260 e. The van der Waals surface area contributed by atoms with Gasteiger partial charge in [-0.1, -0.05) is 17.3 Å². The first-order valence-electron chi connectivity index (χ1n) is 6.38. The van der Waals surface area contributed by atoms with Gasteiger partial charge >= 0.3 is 0 Å². The zero-order valence-corrected chi connectivity index (χ0v) is 12.4. The Hall–Kier alpha value is -2.47. The van der Waals surface area contributed by atoms with Gasteiger partial charge in [0.2, 0.25) is 0 Å². The zero-order valence-electron chi connectivity index (χ0n) is 11.6. The lowest BCUT2D eigenvalue weighted by Crippen LogP contribution is -2.12. The molecule has 2 heterocycles. The number of hydrogen-bond donors (Lipinski definition) is 1. The van der Waals surface area contributed by atoms with E-state index in [0.29, 0.717) is 17.0 Å². The van der Waals surface area contributed by atoms with Crippen LogP contribution in [0.2, 0.25) is 0 Å². The number of carbonyl (C=O) groups is 1. The number of anilines is 1. The van der Waals surface area contributed by atoms with Gasteiger partial charge in [0, 0.05) is 16.6 Å². The number of thiazole rings is 1. The Labute approximate surface area is 125 Å². The van der Waals surface area contributed by atoms with Gasteiger partial charge in [0.05, 0.1) is 16.9 Å². The minimum Gasteiger partial charge on any atom is -0.361 e. The first-order valence-corrected chi connectivity index (χ1v) is 7.26. The van der Waals surface area contributed by atoms with E-state index in [1.807, 2.05) is 36.6 Å². The topological polar surface area (TPSA) is 68.0 Å². The second kappa shape index (κ2) is 5.49. The van der Waals surface area contributed by atoms with E-state index in [4.69, 9.17) is 4.52 Å². The summed E-state index contributed by atoms with van der Waals surface area (Å²) >= 11 is 1.60. The van der Waals surface area contributed by atoms with Crippen molar-refractivity contribution in [2.24, 2.45) is 0 Å². The molecule has 0 aliphatic carbocycles. The van der Waals surface area contributed by atoms with Crippen LogP contribution in [-0.2, 0) is 0 Å². The molecule has 2 aromatic heterocycles. The highest BCUT2D eigenvalue weighted by Crippen LogP contribution is 2.24. The normalized spacial score (nSPS) is 10.6. The van der Waals surface area contributed by atoms with Crippen molar-refractivity contribution in [1.82, 2.24) is 10.1 Å². The van der Waals surface area contributed by atoms with Gasteiger partial charge in [0.1, 0.15) is 11.3 Å². The molecule has 6 heteroatoms. The molecule has 1 N–H and O–H groups in total. The number of benzene rings is 1. The number of amides is 1. The number of carbonyl (C=O) groups excluding carboxylic acids is 1. The molecule has 106 valence electrons. The monoisotopic (exact) mass is 299 g/mol. The molecule has 3 aromatic rings. The van der Waals surface area contributed by atoms with E-state index in [9.17, 15) is 4.79 Å². The third-order valence-electron chi connectivity index (χ3n) is 3.03. The largest absolute Gasteiger partial charge is 0.361 e. The molecule has 0 saturated heterocycles. The van der Waals surface area contributed by atoms with E-state index < -0.39 is 0 Å². The van der Waals surface area contributed by atoms with E-state index in [2.05, 4.69) is 15.5 Å². The predicted molar refractivity (Wildman–Crippen MR) is 81.5 cm³/mol. The molecular formula is C15H13N3O2S. The Bertz CT molecular complexity index is 792. The molecule has 0 aliphatic heterocycles. The van der Waals surface area contributed by atoms with Gasteiger partial charge in [0.25, 0.3) is 5.91 Å². The quantitative estimate of drug-likeness (QED) is 0.801.